The summed E-state index contributed by atoms with van der Waals surface area (Å²) in [6.45, 7) is 8.28. The smallest absolute Gasteiger partial charge is 0.263 e. The third-order valence-corrected chi connectivity index (χ3v) is 6.07. The van der Waals surface area contributed by atoms with Gasteiger partial charge in [0.1, 0.15) is 0 Å². The second kappa shape index (κ2) is 6.49. The summed E-state index contributed by atoms with van der Waals surface area (Å²) in [6.07, 6.45) is 2.84. The predicted octanol–water partition coefficient (Wildman–Crippen LogP) is 4.16. The summed E-state index contributed by atoms with van der Waals surface area (Å²) in [5.74, 6) is 1.28. The van der Waals surface area contributed by atoms with E-state index in [-0.39, 0.29) is 6.10 Å². The molecule has 4 heteroatoms. The molecule has 1 aliphatic carbocycles. The maximum Gasteiger partial charge on any atom is 0.297 e. The van der Waals surface area contributed by atoms with Gasteiger partial charge in [0.15, 0.2) is 0 Å². The minimum atomic E-state index is -3.68. The molecular weight excluding hydrogens is 284 g/mol. The minimum Gasteiger partial charge on any atom is -0.263 e. The lowest BCUT2D eigenvalue weighted by Crippen LogP contribution is -2.36. The van der Waals surface area contributed by atoms with Gasteiger partial charge < -0.3 is 0 Å². The zero-order chi connectivity index (χ0) is 15.6. The Balaban J connectivity index is 2.23. The van der Waals surface area contributed by atoms with Crippen molar-refractivity contribution in [2.24, 2.45) is 17.8 Å². The van der Waals surface area contributed by atoms with E-state index in [2.05, 4.69) is 20.8 Å². The van der Waals surface area contributed by atoms with Gasteiger partial charge >= 0.3 is 0 Å². The monoisotopic (exact) mass is 310 g/mol. The first kappa shape index (κ1) is 16.5. The van der Waals surface area contributed by atoms with Crippen LogP contribution in [0.15, 0.2) is 29.2 Å². The molecule has 0 saturated heterocycles. The van der Waals surface area contributed by atoms with Gasteiger partial charge in [0.05, 0.1) is 11.0 Å². The molecule has 21 heavy (non-hydrogen) atoms. The molecule has 0 N–H and O–H groups in total. The zero-order valence-electron chi connectivity index (χ0n) is 13.4. The van der Waals surface area contributed by atoms with Gasteiger partial charge in [-0.2, -0.15) is 8.42 Å². The highest BCUT2D eigenvalue weighted by Gasteiger charge is 2.35. The first-order valence-electron chi connectivity index (χ1n) is 7.80. The van der Waals surface area contributed by atoms with Crippen LogP contribution in [0.25, 0.3) is 0 Å². The average molecular weight is 310 g/mol. The molecule has 2 rings (SSSR count). The fourth-order valence-corrected chi connectivity index (χ4v) is 4.63. The topological polar surface area (TPSA) is 43.4 Å². The van der Waals surface area contributed by atoms with Crippen molar-refractivity contribution in [1.82, 2.24) is 0 Å². The summed E-state index contributed by atoms with van der Waals surface area (Å²) in [4.78, 5) is 0.297. The quantitative estimate of drug-likeness (QED) is 0.784. The highest BCUT2D eigenvalue weighted by molar-refractivity contribution is 7.86. The fourth-order valence-electron chi connectivity index (χ4n) is 3.28. The van der Waals surface area contributed by atoms with Gasteiger partial charge in [0.25, 0.3) is 10.1 Å². The van der Waals surface area contributed by atoms with E-state index in [0.717, 1.165) is 24.8 Å². The SMILES string of the molecule is Cc1ccccc1S(=O)(=O)OC1CC(C)CCC1C(C)C. The molecule has 1 aromatic carbocycles. The normalized spacial score (nSPS) is 27.0. The average Bonchev–Trinajstić information content (AvgIpc) is 2.38. The molecule has 0 spiro atoms. The van der Waals surface area contributed by atoms with Gasteiger partial charge in [-0.25, -0.2) is 0 Å². The minimum absolute atomic E-state index is 0.196. The zero-order valence-corrected chi connectivity index (χ0v) is 14.2. The van der Waals surface area contributed by atoms with Gasteiger partial charge in [-0.1, -0.05) is 45.4 Å². The Bertz CT molecular complexity index is 577. The Morgan fingerprint density at radius 1 is 1.19 bits per heavy atom. The summed E-state index contributed by atoms with van der Waals surface area (Å²) in [6, 6.07) is 7.02. The van der Waals surface area contributed by atoms with E-state index >= 15 is 0 Å². The second-order valence-electron chi connectivity index (χ2n) is 6.68. The largest absolute Gasteiger partial charge is 0.297 e. The molecule has 3 nitrogen and oxygen atoms in total. The molecule has 3 atom stereocenters. The van der Waals surface area contributed by atoms with Crippen molar-refractivity contribution in [2.45, 2.75) is 58.0 Å². The Kier molecular flexibility index (Phi) is 5.10. The predicted molar refractivity (Wildman–Crippen MR) is 84.6 cm³/mol. The Labute approximate surface area is 128 Å². The molecule has 1 fully saturated rings. The highest BCUT2D eigenvalue weighted by atomic mass is 32.2. The molecule has 3 unspecified atom stereocenters. The first-order chi connectivity index (χ1) is 9.81. The summed E-state index contributed by atoms with van der Waals surface area (Å²) < 4.78 is 30.8. The van der Waals surface area contributed by atoms with E-state index < -0.39 is 10.1 Å². The van der Waals surface area contributed by atoms with E-state index in [0.29, 0.717) is 22.6 Å². The third-order valence-electron chi connectivity index (χ3n) is 4.57. The second-order valence-corrected chi connectivity index (χ2v) is 8.22. The van der Waals surface area contributed by atoms with Gasteiger partial charge in [-0.15, -0.1) is 0 Å². The van der Waals surface area contributed by atoms with E-state index in [1.54, 1.807) is 25.1 Å². The Morgan fingerprint density at radius 3 is 2.48 bits per heavy atom. The molecule has 0 aromatic heterocycles. The highest BCUT2D eigenvalue weighted by Crippen LogP contribution is 2.37. The molecule has 1 aliphatic rings. The number of hydrogen-bond donors (Lipinski definition) is 0. The number of benzene rings is 1. The van der Waals surface area contributed by atoms with E-state index in [1.807, 2.05) is 6.07 Å². The lowest BCUT2D eigenvalue weighted by atomic mass is 9.75. The van der Waals surface area contributed by atoms with Crippen molar-refractivity contribution in [3.63, 3.8) is 0 Å². The van der Waals surface area contributed by atoms with Crippen LogP contribution >= 0.6 is 0 Å². The van der Waals surface area contributed by atoms with Gasteiger partial charge in [0.2, 0.25) is 0 Å². The van der Waals surface area contributed by atoms with Crippen LogP contribution in [-0.2, 0) is 14.3 Å². The molecule has 0 heterocycles. The van der Waals surface area contributed by atoms with Gasteiger partial charge in [-0.3, -0.25) is 4.18 Å². The van der Waals surface area contributed by atoms with E-state index in [4.69, 9.17) is 4.18 Å². The molecule has 0 amide bonds. The molecule has 0 radical (unpaired) electrons. The number of rotatable bonds is 4. The fraction of sp³-hybridized carbons (Fsp3) is 0.647. The van der Waals surface area contributed by atoms with Crippen LogP contribution < -0.4 is 0 Å². The number of hydrogen-bond acceptors (Lipinski definition) is 3. The standard InChI is InChI=1S/C17H26O3S/c1-12(2)15-10-9-13(3)11-16(15)20-21(18,19)17-8-6-5-7-14(17)4/h5-8,12-13,15-16H,9-11H2,1-4H3. The van der Waals surface area contributed by atoms with Crippen molar-refractivity contribution >= 4 is 10.1 Å². The molecular formula is C17H26O3S. The molecule has 1 saturated carbocycles. The van der Waals surface area contributed by atoms with Crippen LogP contribution in [0.4, 0.5) is 0 Å². The van der Waals surface area contributed by atoms with Crippen LogP contribution in [0, 0.1) is 24.7 Å². The van der Waals surface area contributed by atoms with Crippen LogP contribution in [-0.4, -0.2) is 14.5 Å². The summed E-state index contributed by atoms with van der Waals surface area (Å²) in [5, 5.41) is 0. The van der Waals surface area contributed by atoms with Crippen molar-refractivity contribution in [3.05, 3.63) is 29.8 Å². The summed E-state index contributed by atoms with van der Waals surface area (Å²) >= 11 is 0. The van der Waals surface area contributed by atoms with E-state index in [9.17, 15) is 8.42 Å². The van der Waals surface area contributed by atoms with Crippen LogP contribution in [0.2, 0.25) is 0 Å². The van der Waals surface area contributed by atoms with E-state index in [1.165, 1.54) is 0 Å². The van der Waals surface area contributed by atoms with Crippen molar-refractivity contribution in [1.29, 1.82) is 0 Å². The maximum absolute atomic E-state index is 12.6. The number of aryl methyl sites for hydroxylation is 1. The van der Waals surface area contributed by atoms with Gasteiger partial charge in [0, 0.05) is 0 Å². The molecule has 0 aliphatic heterocycles. The summed E-state index contributed by atoms with van der Waals surface area (Å²) in [5.41, 5.74) is 0.738. The Morgan fingerprint density at radius 2 is 1.86 bits per heavy atom. The van der Waals surface area contributed by atoms with Crippen molar-refractivity contribution < 1.29 is 12.6 Å². The Hall–Kier alpha value is -0.870. The molecule has 1 aromatic rings. The van der Waals surface area contributed by atoms with Crippen molar-refractivity contribution in [2.75, 3.05) is 0 Å². The first-order valence-corrected chi connectivity index (χ1v) is 9.21. The van der Waals surface area contributed by atoms with Crippen LogP contribution in [0.3, 0.4) is 0 Å². The molecule has 0 bridgehead atoms. The van der Waals surface area contributed by atoms with Crippen LogP contribution in [0.5, 0.6) is 0 Å². The van der Waals surface area contributed by atoms with Crippen molar-refractivity contribution in [3.8, 4) is 0 Å². The lowest BCUT2D eigenvalue weighted by molar-refractivity contribution is 0.0511. The van der Waals surface area contributed by atoms with Gasteiger partial charge in [-0.05, 0) is 49.1 Å². The third kappa shape index (κ3) is 3.86. The maximum atomic E-state index is 12.6. The molecule has 118 valence electrons. The lowest BCUT2D eigenvalue weighted by Gasteiger charge is -2.36. The summed E-state index contributed by atoms with van der Waals surface area (Å²) in [7, 11) is -3.68. The van der Waals surface area contributed by atoms with Crippen LogP contribution in [0.1, 0.15) is 45.6 Å².